The number of rotatable bonds is 13. The van der Waals surface area contributed by atoms with E-state index in [9.17, 15) is 19.5 Å². The highest BCUT2D eigenvalue weighted by molar-refractivity contribution is 5.84. The van der Waals surface area contributed by atoms with E-state index in [1.165, 1.54) is 0 Å². The van der Waals surface area contributed by atoms with Gasteiger partial charge < -0.3 is 19.9 Å². The number of carboxylic acid groups (broad SMARTS) is 1. The maximum absolute atomic E-state index is 11.8. The Morgan fingerprint density at radius 1 is 0.963 bits per heavy atom. The molecule has 1 amide bonds. The van der Waals surface area contributed by atoms with Gasteiger partial charge in [0.25, 0.3) is 0 Å². The summed E-state index contributed by atoms with van der Waals surface area (Å²) < 4.78 is 10.6. The van der Waals surface area contributed by atoms with Gasteiger partial charge in [-0.05, 0) is 27.2 Å². The minimum absolute atomic E-state index is 0.0374. The largest absolute Gasteiger partial charge is 0.480 e. The average Bonchev–Trinajstić information content (AvgIpc) is 2.51. The van der Waals surface area contributed by atoms with Gasteiger partial charge in [-0.15, -0.1) is 0 Å². The molecule has 27 heavy (non-hydrogen) atoms. The summed E-state index contributed by atoms with van der Waals surface area (Å²) in [5.74, 6) is -1.14. The van der Waals surface area contributed by atoms with Crippen molar-refractivity contribution in [2.45, 2.75) is 66.0 Å². The fourth-order valence-electron chi connectivity index (χ4n) is 2.01. The standard InChI is InChI=1S/C19H36N2O6/c1-18(2,3)15(22)13-27-12-11-26-10-9-20-16(23)8-7-14(17(24)25)21-19(4,5)6/h14,21H,7-13H2,1-6H3,(H,20,23)(H,24,25)/t14-/m0/s1. The van der Waals surface area contributed by atoms with E-state index in [0.29, 0.717) is 26.4 Å². The third-order valence-corrected chi connectivity index (χ3v) is 3.58. The first-order chi connectivity index (χ1) is 12.3. The van der Waals surface area contributed by atoms with Crippen molar-refractivity contribution < 1.29 is 29.0 Å². The van der Waals surface area contributed by atoms with Gasteiger partial charge >= 0.3 is 5.97 Å². The molecule has 1 atom stereocenters. The van der Waals surface area contributed by atoms with Crippen LogP contribution in [0.15, 0.2) is 0 Å². The Morgan fingerprint density at radius 2 is 1.56 bits per heavy atom. The molecule has 3 N–H and O–H groups in total. The van der Waals surface area contributed by atoms with Crippen molar-refractivity contribution in [1.29, 1.82) is 0 Å². The quantitative estimate of drug-likeness (QED) is 0.408. The zero-order chi connectivity index (χ0) is 21.1. The lowest BCUT2D eigenvalue weighted by molar-refractivity contribution is -0.140. The Labute approximate surface area is 162 Å². The number of hydrogen-bond acceptors (Lipinski definition) is 6. The summed E-state index contributed by atoms with van der Waals surface area (Å²) in [5, 5.41) is 14.9. The molecule has 0 aromatic heterocycles. The summed E-state index contributed by atoms with van der Waals surface area (Å²) in [6, 6.07) is -0.764. The zero-order valence-electron chi connectivity index (χ0n) is 17.5. The Kier molecular flexibility index (Phi) is 11.4. The van der Waals surface area contributed by atoms with Gasteiger partial charge in [0.05, 0.1) is 19.8 Å². The molecule has 0 rings (SSSR count). The van der Waals surface area contributed by atoms with E-state index >= 15 is 0 Å². The van der Waals surface area contributed by atoms with Gasteiger partial charge in [-0.3, -0.25) is 19.7 Å². The van der Waals surface area contributed by atoms with Crippen molar-refractivity contribution in [3.63, 3.8) is 0 Å². The van der Waals surface area contributed by atoms with Gasteiger partial charge in [0.15, 0.2) is 5.78 Å². The Morgan fingerprint density at radius 3 is 2.07 bits per heavy atom. The van der Waals surface area contributed by atoms with Gasteiger partial charge in [-0.2, -0.15) is 0 Å². The van der Waals surface area contributed by atoms with Crippen LogP contribution in [-0.2, 0) is 23.9 Å². The normalized spacial score (nSPS) is 13.3. The van der Waals surface area contributed by atoms with Crippen molar-refractivity contribution >= 4 is 17.7 Å². The topological polar surface area (TPSA) is 114 Å². The summed E-state index contributed by atoms with van der Waals surface area (Å²) in [6.45, 7) is 12.5. The van der Waals surface area contributed by atoms with Gasteiger partial charge in [0, 0.05) is 23.9 Å². The molecule has 0 spiro atoms. The first-order valence-electron chi connectivity index (χ1n) is 9.29. The third kappa shape index (κ3) is 14.2. The highest BCUT2D eigenvalue weighted by Crippen LogP contribution is 2.14. The fourth-order valence-corrected chi connectivity index (χ4v) is 2.01. The molecule has 0 aliphatic rings. The predicted molar refractivity (Wildman–Crippen MR) is 103 cm³/mol. The highest BCUT2D eigenvalue weighted by atomic mass is 16.5. The molecule has 8 nitrogen and oxygen atoms in total. The fraction of sp³-hybridized carbons (Fsp3) is 0.842. The number of ketones is 1. The van der Waals surface area contributed by atoms with Crippen molar-refractivity contribution in [1.82, 2.24) is 10.6 Å². The van der Waals surface area contributed by atoms with Gasteiger partial charge in [0.1, 0.15) is 12.6 Å². The molecule has 0 aliphatic heterocycles. The van der Waals surface area contributed by atoms with E-state index in [4.69, 9.17) is 9.47 Å². The number of hydrogen-bond donors (Lipinski definition) is 3. The van der Waals surface area contributed by atoms with Crippen LogP contribution < -0.4 is 10.6 Å². The maximum Gasteiger partial charge on any atom is 0.320 e. The number of ether oxygens (including phenoxy) is 2. The van der Waals surface area contributed by atoms with E-state index < -0.39 is 17.4 Å². The number of Topliss-reactive ketones (excluding diaryl/α,β-unsaturated/α-hetero) is 1. The molecular weight excluding hydrogens is 352 g/mol. The van der Waals surface area contributed by atoms with Crippen LogP contribution in [0.2, 0.25) is 0 Å². The molecular formula is C19H36N2O6. The molecule has 8 heteroatoms. The number of amides is 1. The van der Waals surface area contributed by atoms with Crippen LogP contribution in [0.3, 0.4) is 0 Å². The minimum atomic E-state index is -0.967. The molecule has 0 aliphatic carbocycles. The highest BCUT2D eigenvalue weighted by Gasteiger charge is 2.23. The minimum Gasteiger partial charge on any atom is -0.480 e. The molecule has 0 fully saturated rings. The lowest BCUT2D eigenvalue weighted by atomic mass is 9.91. The van der Waals surface area contributed by atoms with E-state index in [2.05, 4.69) is 10.6 Å². The van der Waals surface area contributed by atoms with Crippen LogP contribution in [0.5, 0.6) is 0 Å². The van der Waals surface area contributed by atoms with E-state index in [-0.39, 0.29) is 36.7 Å². The summed E-state index contributed by atoms with van der Waals surface area (Å²) in [4.78, 5) is 34.7. The first-order valence-corrected chi connectivity index (χ1v) is 9.29. The number of aliphatic carboxylic acids is 1. The molecule has 0 heterocycles. The summed E-state index contributed by atoms with van der Waals surface area (Å²) in [7, 11) is 0. The van der Waals surface area contributed by atoms with Crippen molar-refractivity contribution in [2.24, 2.45) is 5.41 Å². The maximum atomic E-state index is 11.8. The molecule has 0 unspecified atom stereocenters. The molecule has 0 radical (unpaired) electrons. The van der Waals surface area contributed by atoms with Crippen LogP contribution in [0.25, 0.3) is 0 Å². The van der Waals surface area contributed by atoms with Crippen molar-refractivity contribution in [2.75, 3.05) is 33.0 Å². The summed E-state index contributed by atoms with van der Waals surface area (Å²) >= 11 is 0. The molecule has 0 aromatic carbocycles. The monoisotopic (exact) mass is 388 g/mol. The first kappa shape index (κ1) is 25.5. The average molecular weight is 389 g/mol. The van der Waals surface area contributed by atoms with Gasteiger partial charge in [0.2, 0.25) is 5.91 Å². The SMILES string of the molecule is CC(C)(C)N[C@@H](CCC(=O)NCCOCCOCC(=O)C(C)(C)C)C(=O)O. The van der Waals surface area contributed by atoms with Crippen LogP contribution in [0, 0.1) is 5.41 Å². The lowest BCUT2D eigenvalue weighted by Gasteiger charge is -2.25. The summed E-state index contributed by atoms with van der Waals surface area (Å²) in [5.41, 5.74) is -0.750. The Bertz CT molecular complexity index is 480. The predicted octanol–water partition coefficient (Wildman–Crippen LogP) is 1.37. The zero-order valence-corrected chi connectivity index (χ0v) is 17.5. The lowest BCUT2D eigenvalue weighted by Crippen LogP contribution is -2.48. The van der Waals surface area contributed by atoms with E-state index in [1.807, 2.05) is 41.5 Å². The van der Waals surface area contributed by atoms with E-state index in [1.54, 1.807) is 0 Å². The second kappa shape index (κ2) is 12.0. The smallest absolute Gasteiger partial charge is 0.320 e. The molecule has 0 aromatic rings. The number of carbonyl (C=O) groups excluding carboxylic acids is 2. The molecule has 0 saturated heterocycles. The number of carboxylic acids is 1. The Hall–Kier alpha value is -1.51. The van der Waals surface area contributed by atoms with Crippen LogP contribution in [0.4, 0.5) is 0 Å². The third-order valence-electron chi connectivity index (χ3n) is 3.58. The number of carbonyl (C=O) groups is 3. The second-order valence-corrected chi connectivity index (χ2v) is 8.51. The summed E-state index contributed by atoms with van der Waals surface area (Å²) in [6.07, 6.45) is 0.340. The Balaban J connectivity index is 3.77. The van der Waals surface area contributed by atoms with Crippen molar-refractivity contribution in [3.05, 3.63) is 0 Å². The molecule has 158 valence electrons. The molecule has 0 bridgehead atoms. The van der Waals surface area contributed by atoms with Gasteiger partial charge in [-0.25, -0.2) is 0 Å². The number of nitrogens with one attached hydrogen (secondary N) is 2. The van der Waals surface area contributed by atoms with E-state index in [0.717, 1.165) is 0 Å². The van der Waals surface area contributed by atoms with Crippen LogP contribution in [0.1, 0.15) is 54.4 Å². The van der Waals surface area contributed by atoms with Crippen molar-refractivity contribution in [3.8, 4) is 0 Å². The second-order valence-electron chi connectivity index (χ2n) is 8.51. The van der Waals surface area contributed by atoms with Gasteiger partial charge in [-0.1, -0.05) is 20.8 Å². The van der Waals surface area contributed by atoms with Crippen LogP contribution in [-0.4, -0.2) is 67.3 Å². The van der Waals surface area contributed by atoms with Crippen LogP contribution >= 0.6 is 0 Å². The molecule has 0 saturated carbocycles.